The van der Waals surface area contributed by atoms with Gasteiger partial charge in [0.05, 0.1) is 5.60 Å². The number of ether oxygens (including phenoxy) is 1. The van der Waals surface area contributed by atoms with Gasteiger partial charge in [-0.1, -0.05) is 39.0 Å². The van der Waals surface area contributed by atoms with E-state index in [1.54, 1.807) is 0 Å². The summed E-state index contributed by atoms with van der Waals surface area (Å²) in [6.07, 6.45) is 9.83. The van der Waals surface area contributed by atoms with Crippen LogP contribution >= 0.6 is 0 Å². The normalized spacial score (nSPS) is 22.6. The summed E-state index contributed by atoms with van der Waals surface area (Å²) >= 11 is 0. The van der Waals surface area contributed by atoms with E-state index in [0.29, 0.717) is 30.8 Å². The van der Waals surface area contributed by atoms with E-state index in [2.05, 4.69) is 6.92 Å². The van der Waals surface area contributed by atoms with Crippen LogP contribution in [0.3, 0.4) is 0 Å². The molecule has 1 aromatic carbocycles. The Hall–Kier alpha value is -2.34. The van der Waals surface area contributed by atoms with Gasteiger partial charge in [-0.05, 0) is 63.6 Å². The summed E-state index contributed by atoms with van der Waals surface area (Å²) in [7, 11) is 0. The first-order chi connectivity index (χ1) is 16.3. The van der Waals surface area contributed by atoms with Crippen molar-refractivity contribution in [3.05, 3.63) is 39.2 Å². The van der Waals surface area contributed by atoms with Crippen LogP contribution in [-0.2, 0) is 11.2 Å². The van der Waals surface area contributed by atoms with Gasteiger partial charge in [0.2, 0.25) is 0 Å². The molecule has 0 bridgehead atoms. The van der Waals surface area contributed by atoms with Crippen molar-refractivity contribution in [2.45, 2.75) is 90.6 Å². The number of likely N-dealkylation sites (tertiary alicyclic amines) is 1. The number of unbranched alkanes of at least 4 members (excludes halogenated alkanes) is 3. The van der Waals surface area contributed by atoms with Crippen LogP contribution in [0.1, 0.15) is 81.4 Å². The molecule has 2 atom stereocenters. The van der Waals surface area contributed by atoms with Crippen LogP contribution in [-0.4, -0.2) is 41.2 Å². The lowest BCUT2D eigenvalue weighted by molar-refractivity contribution is -0.145. The zero-order chi connectivity index (χ0) is 24.3. The van der Waals surface area contributed by atoms with Gasteiger partial charge >= 0.3 is 5.63 Å². The van der Waals surface area contributed by atoms with Gasteiger partial charge in [-0.2, -0.15) is 0 Å². The molecule has 1 aliphatic carbocycles. The molecule has 1 aromatic heterocycles. The number of piperidine rings is 1. The molecule has 6 heteroatoms. The van der Waals surface area contributed by atoms with Crippen molar-refractivity contribution in [1.29, 1.82) is 0 Å². The SMILES string of the molecule is CCCCCCc1c(C)c2ccc(OCC(=O)N3CC[C@]4(O)CCCC[C@H]4C3)c(C)c2oc1=O. The zero-order valence-corrected chi connectivity index (χ0v) is 21.0. The minimum Gasteiger partial charge on any atom is -0.483 e. The fraction of sp³-hybridized carbons (Fsp3) is 0.643. The molecule has 34 heavy (non-hydrogen) atoms. The molecular formula is C28H39NO5. The quantitative estimate of drug-likeness (QED) is 0.432. The number of benzene rings is 1. The maximum Gasteiger partial charge on any atom is 0.339 e. The summed E-state index contributed by atoms with van der Waals surface area (Å²) in [4.78, 5) is 27.4. The minimum absolute atomic E-state index is 0.0593. The zero-order valence-electron chi connectivity index (χ0n) is 21.0. The molecule has 1 N–H and O–H groups in total. The number of hydrogen-bond acceptors (Lipinski definition) is 5. The van der Waals surface area contributed by atoms with E-state index in [0.717, 1.165) is 73.4 Å². The lowest BCUT2D eigenvalue weighted by atomic mass is 9.71. The van der Waals surface area contributed by atoms with Crippen molar-refractivity contribution in [3.8, 4) is 5.75 Å². The number of rotatable bonds is 8. The number of fused-ring (bicyclic) bond motifs is 2. The number of carbonyl (C=O) groups excluding carboxylic acids is 1. The fourth-order valence-corrected chi connectivity index (χ4v) is 5.77. The van der Waals surface area contributed by atoms with Crippen molar-refractivity contribution < 1.29 is 19.1 Å². The smallest absolute Gasteiger partial charge is 0.339 e. The predicted molar refractivity (Wildman–Crippen MR) is 133 cm³/mol. The molecule has 4 rings (SSSR count). The van der Waals surface area contributed by atoms with Gasteiger partial charge in [-0.25, -0.2) is 4.79 Å². The minimum atomic E-state index is -0.602. The molecule has 0 radical (unpaired) electrons. The van der Waals surface area contributed by atoms with Crippen molar-refractivity contribution in [2.75, 3.05) is 19.7 Å². The first kappa shape index (κ1) is 24.8. The van der Waals surface area contributed by atoms with Crippen molar-refractivity contribution in [2.24, 2.45) is 5.92 Å². The van der Waals surface area contributed by atoms with Crippen molar-refractivity contribution >= 4 is 16.9 Å². The maximum absolute atomic E-state index is 12.9. The highest BCUT2D eigenvalue weighted by Crippen LogP contribution is 2.39. The van der Waals surface area contributed by atoms with E-state index in [9.17, 15) is 14.7 Å². The molecule has 2 aromatic rings. The van der Waals surface area contributed by atoms with E-state index in [1.165, 1.54) is 6.42 Å². The standard InChI is InChI=1S/C28H39NO5/c1-4-5-6-7-11-23-19(2)22-12-13-24(20(3)26(22)34-27(23)31)33-18-25(30)29-16-15-28(32)14-9-8-10-21(28)17-29/h12-13,21,32H,4-11,14-18H2,1-3H3/t21-,28+/m0/s1. The van der Waals surface area contributed by atoms with Crippen LogP contribution in [0.2, 0.25) is 0 Å². The number of nitrogens with zero attached hydrogens (tertiary/aromatic N) is 1. The van der Waals surface area contributed by atoms with Crippen LogP contribution in [0.15, 0.2) is 21.3 Å². The Morgan fingerprint density at radius 1 is 1.18 bits per heavy atom. The van der Waals surface area contributed by atoms with E-state index < -0.39 is 5.60 Å². The first-order valence-corrected chi connectivity index (χ1v) is 13.0. The molecule has 1 aliphatic heterocycles. The van der Waals surface area contributed by atoms with Gasteiger partial charge in [0.1, 0.15) is 11.3 Å². The summed E-state index contributed by atoms with van der Waals surface area (Å²) in [5.41, 5.74) is 2.14. The Kier molecular flexibility index (Phi) is 7.66. The van der Waals surface area contributed by atoms with E-state index in [1.807, 2.05) is 30.9 Å². The van der Waals surface area contributed by atoms with Crippen LogP contribution in [0.4, 0.5) is 0 Å². The lowest BCUT2D eigenvalue weighted by Gasteiger charge is -2.47. The molecule has 2 fully saturated rings. The first-order valence-electron chi connectivity index (χ1n) is 13.0. The third-order valence-electron chi connectivity index (χ3n) is 8.07. The highest BCUT2D eigenvalue weighted by molar-refractivity contribution is 5.86. The largest absolute Gasteiger partial charge is 0.483 e. The summed E-state index contributed by atoms with van der Waals surface area (Å²) in [6.45, 7) is 7.14. The van der Waals surface area contributed by atoms with Crippen LogP contribution < -0.4 is 10.4 Å². The van der Waals surface area contributed by atoms with Crippen molar-refractivity contribution in [3.63, 3.8) is 0 Å². The molecule has 1 amide bonds. The second kappa shape index (κ2) is 10.5. The third-order valence-corrected chi connectivity index (χ3v) is 8.07. The number of carbonyl (C=O) groups is 1. The van der Waals surface area contributed by atoms with Gasteiger partial charge in [0.15, 0.2) is 6.61 Å². The molecule has 1 saturated carbocycles. The fourth-order valence-electron chi connectivity index (χ4n) is 5.77. The number of aryl methyl sites for hydroxylation is 2. The van der Waals surface area contributed by atoms with Crippen molar-refractivity contribution in [1.82, 2.24) is 4.90 Å². The van der Waals surface area contributed by atoms with Crippen LogP contribution in [0.5, 0.6) is 5.75 Å². The molecule has 2 heterocycles. The highest BCUT2D eigenvalue weighted by Gasteiger charge is 2.43. The second-order valence-electron chi connectivity index (χ2n) is 10.3. The Bertz CT molecular complexity index is 1090. The Balaban J connectivity index is 1.44. The molecule has 2 aliphatic rings. The lowest BCUT2D eigenvalue weighted by Crippen LogP contribution is -2.55. The molecule has 0 spiro atoms. The Morgan fingerprint density at radius 3 is 2.79 bits per heavy atom. The van der Waals surface area contributed by atoms with Gasteiger partial charge in [0.25, 0.3) is 5.91 Å². The molecule has 1 saturated heterocycles. The van der Waals surface area contributed by atoms with Crippen LogP contribution in [0, 0.1) is 19.8 Å². The van der Waals surface area contributed by atoms with E-state index in [4.69, 9.17) is 9.15 Å². The monoisotopic (exact) mass is 469 g/mol. The summed E-state index contributed by atoms with van der Waals surface area (Å²) < 4.78 is 11.6. The third kappa shape index (κ3) is 5.02. The number of amides is 1. The molecule has 6 nitrogen and oxygen atoms in total. The van der Waals surface area contributed by atoms with Gasteiger partial charge < -0.3 is 19.2 Å². The predicted octanol–water partition coefficient (Wildman–Crippen LogP) is 5.07. The molecule has 186 valence electrons. The van der Waals surface area contributed by atoms with E-state index in [-0.39, 0.29) is 24.1 Å². The van der Waals surface area contributed by atoms with Gasteiger partial charge in [-0.3, -0.25) is 4.79 Å². The van der Waals surface area contributed by atoms with E-state index >= 15 is 0 Å². The van der Waals surface area contributed by atoms with Crippen LogP contribution in [0.25, 0.3) is 11.0 Å². The average Bonchev–Trinajstić information content (AvgIpc) is 2.82. The maximum atomic E-state index is 12.9. The summed E-state index contributed by atoms with van der Waals surface area (Å²) in [6, 6.07) is 3.80. The summed E-state index contributed by atoms with van der Waals surface area (Å²) in [5, 5.41) is 11.8. The average molecular weight is 470 g/mol. The van der Waals surface area contributed by atoms with Gasteiger partial charge in [-0.15, -0.1) is 0 Å². The number of hydrogen-bond donors (Lipinski definition) is 1. The highest BCUT2D eigenvalue weighted by atomic mass is 16.5. The second-order valence-corrected chi connectivity index (χ2v) is 10.3. The Morgan fingerprint density at radius 2 is 2.00 bits per heavy atom. The molecular weight excluding hydrogens is 430 g/mol. The Labute approximate surface area is 202 Å². The number of aliphatic hydroxyl groups is 1. The summed E-state index contributed by atoms with van der Waals surface area (Å²) in [5.74, 6) is 0.659. The van der Waals surface area contributed by atoms with Gasteiger partial charge in [0, 0.05) is 35.5 Å². The topological polar surface area (TPSA) is 80.0 Å². The molecule has 0 unspecified atom stereocenters.